The van der Waals surface area contributed by atoms with Crippen LogP contribution in [-0.2, 0) is 19.4 Å². The maximum atomic E-state index is 12.3. The van der Waals surface area contributed by atoms with E-state index in [1.54, 1.807) is 4.90 Å². The first-order chi connectivity index (χ1) is 11.4. The lowest BCUT2D eigenvalue weighted by molar-refractivity contribution is -0.130. The van der Waals surface area contributed by atoms with Crippen molar-refractivity contribution in [1.29, 1.82) is 0 Å². The van der Waals surface area contributed by atoms with Gasteiger partial charge in [0.25, 0.3) is 0 Å². The van der Waals surface area contributed by atoms with Crippen molar-refractivity contribution in [2.75, 3.05) is 24.6 Å². The number of allylic oxidation sites excluding steroid dienone is 1. The molecule has 2 atom stereocenters. The monoisotopic (exact) mass is 354 g/mol. The van der Waals surface area contributed by atoms with Crippen LogP contribution in [0.5, 0.6) is 0 Å². The highest BCUT2D eigenvalue weighted by atomic mass is 32.2. The van der Waals surface area contributed by atoms with Crippen LogP contribution in [0.15, 0.2) is 11.6 Å². The zero-order valence-corrected chi connectivity index (χ0v) is 14.8. The number of nitrogens with one attached hydrogen (secondary N) is 1. The van der Waals surface area contributed by atoms with E-state index in [0.717, 1.165) is 19.3 Å². The molecule has 2 aliphatic heterocycles. The molecule has 2 fully saturated rings. The Labute approximate surface area is 143 Å². The number of likely N-dealkylation sites (tertiary alicyclic amines) is 1. The molecule has 24 heavy (non-hydrogen) atoms. The van der Waals surface area contributed by atoms with Gasteiger partial charge in [-0.15, -0.1) is 0 Å². The minimum atomic E-state index is -3.02. The number of carbonyl (C=O) groups is 2. The Morgan fingerprint density at radius 3 is 2.83 bits per heavy atom. The summed E-state index contributed by atoms with van der Waals surface area (Å²) in [6, 6.07) is -0.243. The fourth-order valence-electron chi connectivity index (χ4n) is 3.90. The Bertz CT molecular complexity index is 641. The zero-order valence-electron chi connectivity index (χ0n) is 14.0. The molecule has 0 spiro atoms. The summed E-state index contributed by atoms with van der Waals surface area (Å²) in [4.78, 5) is 26.1. The van der Waals surface area contributed by atoms with Crippen LogP contribution in [0.1, 0.15) is 44.9 Å². The van der Waals surface area contributed by atoms with Crippen LogP contribution < -0.4 is 5.32 Å². The van der Waals surface area contributed by atoms with E-state index >= 15 is 0 Å². The van der Waals surface area contributed by atoms with Crippen molar-refractivity contribution in [2.45, 2.75) is 51.0 Å². The number of hydrogen-bond donors (Lipinski definition) is 1. The molecule has 0 aromatic carbocycles. The third kappa shape index (κ3) is 4.18. The van der Waals surface area contributed by atoms with Crippen LogP contribution in [0.25, 0.3) is 0 Å². The minimum Gasteiger partial charge on any atom is -0.355 e. The van der Waals surface area contributed by atoms with Crippen LogP contribution in [0.2, 0.25) is 0 Å². The van der Waals surface area contributed by atoms with Crippen LogP contribution in [-0.4, -0.2) is 55.8 Å². The maximum Gasteiger partial charge on any atom is 0.225 e. The van der Waals surface area contributed by atoms with Crippen LogP contribution in [0, 0.1) is 5.92 Å². The number of hydrogen-bond acceptors (Lipinski definition) is 4. The van der Waals surface area contributed by atoms with E-state index < -0.39 is 9.84 Å². The summed E-state index contributed by atoms with van der Waals surface area (Å²) in [6.07, 6.45) is 8.61. The number of carbonyl (C=O) groups excluding carboxylic acids is 2. The molecule has 2 amide bonds. The smallest absolute Gasteiger partial charge is 0.225 e. The van der Waals surface area contributed by atoms with E-state index in [0.29, 0.717) is 19.5 Å². The summed E-state index contributed by atoms with van der Waals surface area (Å²) in [6.45, 7) is 0.973. The normalized spacial score (nSPS) is 29.6. The molecule has 2 heterocycles. The van der Waals surface area contributed by atoms with E-state index in [-0.39, 0.29) is 41.7 Å². The Hall–Kier alpha value is -1.37. The third-order valence-corrected chi connectivity index (χ3v) is 7.06. The van der Waals surface area contributed by atoms with Crippen molar-refractivity contribution in [3.63, 3.8) is 0 Å². The molecular formula is C17H26N2O4S. The van der Waals surface area contributed by atoms with Crippen molar-refractivity contribution in [3.05, 3.63) is 11.6 Å². The molecule has 0 aromatic rings. The summed E-state index contributed by atoms with van der Waals surface area (Å²) in [7, 11) is -3.02. The van der Waals surface area contributed by atoms with Crippen LogP contribution in [0.3, 0.4) is 0 Å². The summed E-state index contributed by atoms with van der Waals surface area (Å²) in [5.74, 6) is -0.328. The fraction of sp³-hybridized carbons (Fsp3) is 0.765. The predicted molar refractivity (Wildman–Crippen MR) is 91.1 cm³/mol. The fourth-order valence-corrected chi connectivity index (χ4v) is 5.63. The Morgan fingerprint density at radius 1 is 1.33 bits per heavy atom. The number of nitrogens with zero attached hydrogens (tertiary/aromatic N) is 1. The van der Waals surface area contributed by atoms with Crippen LogP contribution >= 0.6 is 0 Å². The Kier molecular flexibility index (Phi) is 5.27. The highest BCUT2D eigenvalue weighted by Gasteiger charge is 2.41. The summed E-state index contributed by atoms with van der Waals surface area (Å²) in [5, 5.41) is 2.94. The van der Waals surface area contributed by atoms with Crippen LogP contribution in [0.4, 0.5) is 0 Å². The second kappa shape index (κ2) is 7.25. The van der Waals surface area contributed by atoms with Crippen molar-refractivity contribution in [3.8, 4) is 0 Å². The molecule has 0 radical (unpaired) electrons. The molecule has 2 saturated heterocycles. The maximum absolute atomic E-state index is 12.3. The lowest BCUT2D eigenvalue weighted by Gasteiger charge is -2.23. The molecular weight excluding hydrogens is 328 g/mol. The van der Waals surface area contributed by atoms with Gasteiger partial charge in [-0.1, -0.05) is 11.6 Å². The molecule has 0 aromatic heterocycles. The van der Waals surface area contributed by atoms with Gasteiger partial charge in [0.1, 0.15) is 0 Å². The number of amides is 2. The van der Waals surface area contributed by atoms with E-state index in [2.05, 4.69) is 11.4 Å². The van der Waals surface area contributed by atoms with Gasteiger partial charge in [0.15, 0.2) is 9.84 Å². The van der Waals surface area contributed by atoms with E-state index in [9.17, 15) is 18.0 Å². The molecule has 134 valence electrons. The van der Waals surface area contributed by atoms with Crippen molar-refractivity contribution in [1.82, 2.24) is 10.2 Å². The number of sulfone groups is 1. The van der Waals surface area contributed by atoms with Gasteiger partial charge in [0, 0.05) is 25.6 Å². The van der Waals surface area contributed by atoms with Gasteiger partial charge >= 0.3 is 0 Å². The Balaban J connectivity index is 1.46. The molecule has 1 aliphatic carbocycles. The molecule has 6 nitrogen and oxygen atoms in total. The largest absolute Gasteiger partial charge is 0.355 e. The molecule has 0 saturated carbocycles. The first-order valence-corrected chi connectivity index (χ1v) is 10.7. The van der Waals surface area contributed by atoms with Crippen molar-refractivity contribution < 1.29 is 18.0 Å². The average molecular weight is 354 g/mol. The second-order valence-electron chi connectivity index (χ2n) is 7.15. The SMILES string of the molecule is O=C(NCCC1=CCCCC1)C1CC(=O)N(C2CCS(=O)(=O)C2)C1. The first kappa shape index (κ1) is 17.5. The van der Waals surface area contributed by atoms with Crippen molar-refractivity contribution >= 4 is 21.7 Å². The summed E-state index contributed by atoms with van der Waals surface area (Å²) < 4.78 is 23.2. The number of rotatable bonds is 5. The van der Waals surface area contributed by atoms with Gasteiger partial charge in [0.2, 0.25) is 11.8 Å². The second-order valence-corrected chi connectivity index (χ2v) is 9.38. The lowest BCUT2D eigenvalue weighted by Crippen LogP contribution is -2.39. The Morgan fingerprint density at radius 2 is 2.17 bits per heavy atom. The van der Waals surface area contributed by atoms with Gasteiger partial charge in [-0.25, -0.2) is 8.42 Å². The third-order valence-electron chi connectivity index (χ3n) is 5.31. The van der Waals surface area contributed by atoms with E-state index in [4.69, 9.17) is 0 Å². The van der Waals surface area contributed by atoms with Crippen molar-refractivity contribution in [2.24, 2.45) is 5.92 Å². The van der Waals surface area contributed by atoms with Gasteiger partial charge in [-0.3, -0.25) is 9.59 Å². The molecule has 3 aliphatic rings. The van der Waals surface area contributed by atoms with E-state index in [1.807, 2.05) is 0 Å². The molecule has 7 heteroatoms. The minimum absolute atomic E-state index is 0.0429. The standard InChI is InChI=1S/C17H26N2O4S/c20-16-10-14(11-19(16)15-7-9-24(22,23)12-15)17(21)18-8-6-13-4-2-1-3-5-13/h4,14-15H,1-3,5-12H2,(H,18,21). The summed E-state index contributed by atoms with van der Waals surface area (Å²) in [5.41, 5.74) is 1.42. The van der Waals surface area contributed by atoms with Gasteiger partial charge < -0.3 is 10.2 Å². The highest BCUT2D eigenvalue weighted by Crippen LogP contribution is 2.26. The molecule has 1 N–H and O–H groups in total. The molecule has 2 unspecified atom stereocenters. The topological polar surface area (TPSA) is 83.6 Å². The highest BCUT2D eigenvalue weighted by molar-refractivity contribution is 7.91. The van der Waals surface area contributed by atoms with Gasteiger partial charge in [0.05, 0.1) is 17.4 Å². The average Bonchev–Trinajstić information content (AvgIpc) is 3.10. The predicted octanol–water partition coefficient (Wildman–Crippen LogP) is 1.03. The molecule has 0 bridgehead atoms. The first-order valence-electron chi connectivity index (χ1n) is 8.90. The zero-order chi connectivity index (χ0) is 17.2. The van der Waals surface area contributed by atoms with Gasteiger partial charge in [-0.05, 0) is 38.5 Å². The summed E-state index contributed by atoms with van der Waals surface area (Å²) >= 11 is 0. The lowest BCUT2D eigenvalue weighted by atomic mass is 9.97. The molecule has 3 rings (SSSR count). The van der Waals surface area contributed by atoms with E-state index in [1.165, 1.54) is 18.4 Å². The van der Waals surface area contributed by atoms with Gasteiger partial charge in [-0.2, -0.15) is 0 Å². The quantitative estimate of drug-likeness (QED) is 0.748.